The fourth-order valence-electron chi connectivity index (χ4n) is 4.21. The van der Waals surface area contributed by atoms with Gasteiger partial charge < -0.3 is 19.9 Å². The summed E-state index contributed by atoms with van der Waals surface area (Å²) in [6, 6.07) is 21.0. The van der Waals surface area contributed by atoms with Crippen LogP contribution in [0.5, 0.6) is 11.5 Å². The van der Waals surface area contributed by atoms with Crippen LogP contribution >= 0.6 is 0 Å². The lowest BCUT2D eigenvalue weighted by atomic mass is 9.93. The maximum Gasteiger partial charge on any atom is 0.345 e. The van der Waals surface area contributed by atoms with Gasteiger partial charge in [-0.05, 0) is 62.1 Å². The summed E-state index contributed by atoms with van der Waals surface area (Å²) in [4.78, 5) is 37.2. The van der Waals surface area contributed by atoms with Crippen LogP contribution in [0.1, 0.15) is 42.6 Å². The molecule has 0 aliphatic carbocycles. The lowest BCUT2D eigenvalue weighted by Gasteiger charge is -2.31. The SMILES string of the molecule is COc1ccc(-c2ccc(C(=O)OC(=O)[C@H](CCC(N)=O)NC(C)(C)Cc3ccccc3)cc2)c(OC)c1. The number of esters is 2. The smallest absolute Gasteiger partial charge is 0.345 e. The third-order valence-electron chi connectivity index (χ3n) is 6.05. The van der Waals surface area contributed by atoms with Crippen LogP contribution in [0.25, 0.3) is 11.1 Å². The van der Waals surface area contributed by atoms with Gasteiger partial charge in [0, 0.05) is 23.6 Å². The van der Waals surface area contributed by atoms with Crippen LogP contribution in [0, 0.1) is 0 Å². The molecule has 0 fully saturated rings. The predicted octanol–water partition coefficient (Wildman–Crippen LogP) is 4.30. The molecule has 8 nitrogen and oxygen atoms in total. The van der Waals surface area contributed by atoms with Crippen LogP contribution in [0.15, 0.2) is 72.8 Å². The Kier molecular flexibility index (Phi) is 9.62. The minimum absolute atomic E-state index is 0.0270. The molecule has 200 valence electrons. The quantitative estimate of drug-likeness (QED) is 0.271. The van der Waals surface area contributed by atoms with Gasteiger partial charge in [-0.15, -0.1) is 0 Å². The van der Waals surface area contributed by atoms with Gasteiger partial charge in [0.05, 0.1) is 19.8 Å². The number of nitrogens with two attached hydrogens (primary N) is 1. The fraction of sp³-hybridized carbons (Fsp3) is 0.300. The van der Waals surface area contributed by atoms with E-state index in [4.69, 9.17) is 19.9 Å². The molecule has 3 rings (SSSR count). The summed E-state index contributed by atoms with van der Waals surface area (Å²) in [5.74, 6) is -0.804. The first-order valence-corrected chi connectivity index (χ1v) is 12.3. The summed E-state index contributed by atoms with van der Waals surface area (Å²) in [6.07, 6.45) is 0.703. The predicted molar refractivity (Wildman–Crippen MR) is 145 cm³/mol. The number of amides is 1. The Hall–Kier alpha value is -4.17. The highest BCUT2D eigenvalue weighted by Crippen LogP contribution is 2.33. The van der Waals surface area contributed by atoms with E-state index in [-0.39, 0.29) is 18.4 Å². The van der Waals surface area contributed by atoms with E-state index in [0.717, 1.165) is 16.7 Å². The summed E-state index contributed by atoms with van der Waals surface area (Å²) >= 11 is 0. The normalized spacial score (nSPS) is 11.9. The van der Waals surface area contributed by atoms with Crippen LogP contribution < -0.4 is 20.5 Å². The Morgan fingerprint density at radius 2 is 1.61 bits per heavy atom. The minimum atomic E-state index is -0.895. The van der Waals surface area contributed by atoms with E-state index in [1.165, 1.54) is 0 Å². The molecule has 1 amide bonds. The molecule has 1 atom stereocenters. The van der Waals surface area contributed by atoms with Crippen molar-refractivity contribution in [1.29, 1.82) is 0 Å². The monoisotopic (exact) mass is 518 g/mol. The number of primary amides is 1. The first-order chi connectivity index (χ1) is 18.1. The number of hydrogen-bond donors (Lipinski definition) is 2. The average Bonchev–Trinajstić information content (AvgIpc) is 2.90. The molecular formula is C30H34N2O6. The average molecular weight is 519 g/mol. The van der Waals surface area contributed by atoms with Crippen molar-refractivity contribution in [2.75, 3.05) is 14.2 Å². The molecule has 0 aromatic heterocycles. The molecule has 38 heavy (non-hydrogen) atoms. The van der Waals surface area contributed by atoms with E-state index in [2.05, 4.69) is 5.32 Å². The molecule has 0 radical (unpaired) electrons. The number of benzene rings is 3. The summed E-state index contributed by atoms with van der Waals surface area (Å²) in [5.41, 5.74) is 7.73. The van der Waals surface area contributed by atoms with Crippen molar-refractivity contribution in [2.45, 2.75) is 44.7 Å². The second-order valence-electron chi connectivity index (χ2n) is 9.60. The molecule has 3 aromatic rings. The number of carbonyl (C=O) groups is 3. The molecule has 0 unspecified atom stereocenters. The number of nitrogens with one attached hydrogen (secondary N) is 1. The number of carbonyl (C=O) groups excluding carboxylic acids is 3. The molecule has 0 aliphatic rings. The van der Waals surface area contributed by atoms with Crippen molar-refractivity contribution in [3.63, 3.8) is 0 Å². The third-order valence-corrected chi connectivity index (χ3v) is 6.05. The van der Waals surface area contributed by atoms with E-state index in [1.807, 2.05) is 56.3 Å². The maximum atomic E-state index is 13.0. The first kappa shape index (κ1) is 28.4. The van der Waals surface area contributed by atoms with Gasteiger partial charge in [0.2, 0.25) is 5.91 Å². The molecule has 8 heteroatoms. The molecule has 0 saturated heterocycles. The Labute approximate surface area is 223 Å². The van der Waals surface area contributed by atoms with Crippen LogP contribution in [-0.4, -0.2) is 43.6 Å². The Morgan fingerprint density at radius 1 is 0.921 bits per heavy atom. The van der Waals surface area contributed by atoms with Gasteiger partial charge in [-0.3, -0.25) is 10.1 Å². The molecule has 0 aliphatic heterocycles. The van der Waals surface area contributed by atoms with Crippen molar-refractivity contribution < 1.29 is 28.6 Å². The van der Waals surface area contributed by atoms with E-state index >= 15 is 0 Å². The number of rotatable bonds is 12. The van der Waals surface area contributed by atoms with E-state index in [0.29, 0.717) is 17.9 Å². The Balaban J connectivity index is 1.71. The van der Waals surface area contributed by atoms with Crippen LogP contribution in [0.3, 0.4) is 0 Å². The standard InChI is InChI=1S/C30H34N2O6/c1-30(2,19-20-8-6-5-7-9-20)32-25(16-17-27(31)33)29(35)38-28(34)22-12-10-21(11-13-22)24-15-14-23(36-3)18-26(24)37-4/h5-15,18,25,32H,16-17,19H2,1-4H3,(H2,31,33)/t25-/m0/s1. The van der Waals surface area contributed by atoms with Crippen molar-refractivity contribution in [3.8, 4) is 22.6 Å². The zero-order valence-corrected chi connectivity index (χ0v) is 22.2. The molecule has 0 heterocycles. The third kappa shape index (κ3) is 7.91. The Morgan fingerprint density at radius 3 is 2.21 bits per heavy atom. The molecule has 3 N–H and O–H groups in total. The lowest BCUT2D eigenvalue weighted by molar-refractivity contribution is -0.141. The highest BCUT2D eigenvalue weighted by molar-refractivity contribution is 5.98. The first-order valence-electron chi connectivity index (χ1n) is 12.3. The summed E-state index contributed by atoms with van der Waals surface area (Å²) in [5, 5.41) is 3.25. The largest absolute Gasteiger partial charge is 0.497 e. The second-order valence-corrected chi connectivity index (χ2v) is 9.60. The second kappa shape index (κ2) is 12.9. The number of hydrogen-bond acceptors (Lipinski definition) is 7. The van der Waals surface area contributed by atoms with Gasteiger partial charge in [0.15, 0.2) is 0 Å². The van der Waals surface area contributed by atoms with Crippen LogP contribution in [0.2, 0.25) is 0 Å². The van der Waals surface area contributed by atoms with Crippen LogP contribution in [0.4, 0.5) is 0 Å². The van der Waals surface area contributed by atoms with Gasteiger partial charge in [0.25, 0.3) is 0 Å². The van der Waals surface area contributed by atoms with Crippen molar-refractivity contribution >= 4 is 17.8 Å². The molecular weight excluding hydrogens is 484 g/mol. The van der Waals surface area contributed by atoms with Crippen molar-refractivity contribution in [1.82, 2.24) is 5.32 Å². The fourth-order valence-corrected chi connectivity index (χ4v) is 4.21. The summed E-state index contributed by atoms with van der Waals surface area (Å²) in [6.45, 7) is 3.89. The zero-order valence-electron chi connectivity index (χ0n) is 22.2. The lowest BCUT2D eigenvalue weighted by Crippen LogP contribution is -2.51. The summed E-state index contributed by atoms with van der Waals surface area (Å²) < 4.78 is 15.9. The van der Waals surface area contributed by atoms with Crippen molar-refractivity contribution in [2.24, 2.45) is 5.73 Å². The van der Waals surface area contributed by atoms with E-state index in [9.17, 15) is 14.4 Å². The number of ether oxygens (including phenoxy) is 3. The van der Waals surface area contributed by atoms with Crippen LogP contribution in [-0.2, 0) is 20.7 Å². The van der Waals surface area contributed by atoms with E-state index in [1.54, 1.807) is 44.6 Å². The van der Waals surface area contributed by atoms with Gasteiger partial charge >= 0.3 is 11.9 Å². The van der Waals surface area contributed by atoms with Gasteiger partial charge in [0.1, 0.15) is 17.5 Å². The van der Waals surface area contributed by atoms with Gasteiger partial charge in [-0.1, -0.05) is 42.5 Å². The topological polar surface area (TPSA) is 117 Å². The van der Waals surface area contributed by atoms with Crippen molar-refractivity contribution in [3.05, 3.63) is 83.9 Å². The summed E-state index contributed by atoms with van der Waals surface area (Å²) in [7, 11) is 3.15. The molecule has 0 bridgehead atoms. The number of methoxy groups -OCH3 is 2. The molecule has 3 aromatic carbocycles. The minimum Gasteiger partial charge on any atom is -0.497 e. The zero-order chi connectivity index (χ0) is 27.7. The van der Waals surface area contributed by atoms with Gasteiger partial charge in [-0.2, -0.15) is 0 Å². The van der Waals surface area contributed by atoms with E-state index < -0.39 is 29.4 Å². The highest BCUT2D eigenvalue weighted by atomic mass is 16.6. The van der Waals surface area contributed by atoms with Gasteiger partial charge in [-0.25, -0.2) is 9.59 Å². The Bertz CT molecular complexity index is 1260. The molecule has 0 saturated carbocycles. The highest BCUT2D eigenvalue weighted by Gasteiger charge is 2.30. The maximum absolute atomic E-state index is 13.0. The molecule has 0 spiro atoms.